The number of ether oxygens (including phenoxy) is 1. The van der Waals surface area contributed by atoms with Crippen LogP contribution in [0.3, 0.4) is 0 Å². The quantitative estimate of drug-likeness (QED) is 0.785. The molecule has 3 atom stereocenters. The number of hydrogen-bond acceptors (Lipinski definition) is 4. The van der Waals surface area contributed by atoms with Crippen molar-refractivity contribution in [2.45, 2.75) is 45.1 Å². The molecule has 2 rings (SSSR count). The fraction of sp³-hybridized carbons (Fsp3) is 0.389. The van der Waals surface area contributed by atoms with Crippen molar-refractivity contribution in [2.75, 3.05) is 0 Å². The molecule has 0 aliphatic carbocycles. The average Bonchev–Trinajstić information content (AvgIpc) is 3.08. The number of carbonyl (C=O) groups excluding carboxylic acids is 1. The molecule has 5 nitrogen and oxygen atoms in total. The van der Waals surface area contributed by atoms with Crippen LogP contribution in [-0.4, -0.2) is 23.2 Å². The molecule has 0 spiro atoms. The zero-order valence-corrected chi connectivity index (χ0v) is 13.4. The summed E-state index contributed by atoms with van der Waals surface area (Å²) in [5.74, 6) is 0.305. The van der Waals surface area contributed by atoms with Crippen LogP contribution in [0.4, 0.5) is 0 Å². The number of nitrogens with one attached hydrogen (secondary N) is 1. The maximum absolute atomic E-state index is 12.1. The van der Waals surface area contributed by atoms with Gasteiger partial charge in [-0.2, -0.15) is 0 Å². The molecular formula is C18H23NO4. The molecular weight excluding hydrogens is 294 g/mol. The Morgan fingerprint density at radius 1 is 1.22 bits per heavy atom. The Morgan fingerprint density at radius 2 is 1.96 bits per heavy atom. The summed E-state index contributed by atoms with van der Waals surface area (Å²) in [6.45, 7) is 3.95. The molecule has 23 heavy (non-hydrogen) atoms. The van der Waals surface area contributed by atoms with Crippen LogP contribution in [0.15, 0.2) is 53.1 Å². The zero-order chi connectivity index (χ0) is 16.7. The Kier molecular flexibility index (Phi) is 6.38. The van der Waals surface area contributed by atoms with E-state index in [2.05, 4.69) is 5.32 Å². The second kappa shape index (κ2) is 8.50. The second-order valence-electron chi connectivity index (χ2n) is 5.62. The average molecular weight is 317 g/mol. The van der Waals surface area contributed by atoms with E-state index >= 15 is 0 Å². The van der Waals surface area contributed by atoms with Crippen LogP contribution in [0, 0.1) is 0 Å². The van der Waals surface area contributed by atoms with Gasteiger partial charge < -0.3 is 19.6 Å². The van der Waals surface area contributed by atoms with Gasteiger partial charge in [0.15, 0.2) is 0 Å². The minimum absolute atomic E-state index is 0.189. The molecule has 0 fully saturated rings. The van der Waals surface area contributed by atoms with E-state index in [9.17, 15) is 9.90 Å². The van der Waals surface area contributed by atoms with Crippen LogP contribution in [0.1, 0.15) is 37.7 Å². The number of benzene rings is 1. The summed E-state index contributed by atoms with van der Waals surface area (Å²) < 4.78 is 10.7. The topological polar surface area (TPSA) is 71.7 Å². The fourth-order valence-corrected chi connectivity index (χ4v) is 2.22. The van der Waals surface area contributed by atoms with Gasteiger partial charge in [-0.05, 0) is 31.5 Å². The highest BCUT2D eigenvalue weighted by atomic mass is 16.5. The van der Waals surface area contributed by atoms with Gasteiger partial charge in [-0.3, -0.25) is 4.79 Å². The smallest absolute Gasteiger partial charge is 0.249 e. The molecule has 124 valence electrons. The van der Waals surface area contributed by atoms with E-state index in [-0.39, 0.29) is 11.9 Å². The SMILES string of the molecule is CC(CC(O)c1ccco1)NC(=O)C(C)OCc1ccccc1. The molecule has 2 N–H and O–H groups in total. The molecule has 0 saturated carbocycles. The number of carbonyl (C=O) groups is 1. The first-order valence-corrected chi connectivity index (χ1v) is 7.73. The number of aliphatic hydroxyl groups is 1. The summed E-state index contributed by atoms with van der Waals surface area (Å²) >= 11 is 0. The van der Waals surface area contributed by atoms with Gasteiger partial charge in [0.25, 0.3) is 0 Å². The summed E-state index contributed by atoms with van der Waals surface area (Å²) in [5.41, 5.74) is 1.02. The fourth-order valence-electron chi connectivity index (χ4n) is 2.22. The molecule has 2 aromatic rings. The van der Waals surface area contributed by atoms with Gasteiger partial charge in [0.2, 0.25) is 5.91 Å². The molecule has 0 radical (unpaired) electrons. The van der Waals surface area contributed by atoms with Gasteiger partial charge in [0.1, 0.15) is 18.0 Å². The van der Waals surface area contributed by atoms with Crippen LogP contribution in [0.5, 0.6) is 0 Å². The molecule has 0 saturated heterocycles. The van der Waals surface area contributed by atoms with E-state index in [1.807, 2.05) is 37.3 Å². The molecule has 0 aliphatic heterocycles. The van der Waals surface area contributed by atoms with Crippen molar-refractivity contribution in [3.63, 3.8) is 0 Å². The van der Waals surface area contributed by atoms with Crippen LogP contribution in [0.25, 0.3) is 0 Å². The van der Waals surface area contributed by atoms with Crippen molar-refractivity contribution >= 4 is 5.91 Å². The molecule has 1 aromatic heterocycles. The summed E-state index contributed by atoms with van der Waals surface area (Å²) in [6.07, 6.45) is 0.602. The molecule has 1 aromatic carbocycles. The number of furan rings is 1. The Bertz CT molecular complexity index is 582. The van der Waals surface area contributed by atoms with Crippen LogP contribution >= 0.6 is 0 Å². The highest BCUT2D eigenvalue weighted by molar-refractivity contribution is 5.80. The maximum Gasteiger partial charge on any atom is 0.249 e. The predicted molar refractivity (Wildman–Crippen MR) is 86.6 cm³/mol. The van der Waals surface area contributed by atoms with Gasteiger partial charge in [-0.15, -0.1) is 0 Å². The number of aliphatic hydroxyl groups excluding tert-OH is 1. The lowest BCUT2D eigenvalue weighted by molar-refractivity contribution is -0.133. The molecule has 1 amide bonds. The lowest BCUT2D eigenvalue weighted by atomic mass is 10.1. The van der Waals surface area contributed by atoms with Crippen molar-refractivity contribution in [2.24, 2.45) is 0 Å². The van der Waals surface area contributed by atoms with Gasteiger partial charge >= 0.3 is 0 Å². The van der Waals surface area contributed by atoms with Crippen LogP contribution < -0.4 is 5.32 Å². The Morgan fingerprint density at radius 3 is 2.61 bits per heavy atom. The normalized spacial score (nSPS) is 14.9. The predicted octanol–water partition coefficient (Wildman–Crippen LogP) is 2.81. The highest BCUT2D eigenvalue weighted by Crippen LogP contribution is 2.18. The van der Waals surface area contributed by atoms with Crippen molar-refractivity contribution in [1.29, 1.82) is 0 Å². The van der Waals surface area contributed by atoms with Gasteiger partial charge in [-0.25, -0.2) is 0 Å². The molecule has 3 unspecified atom stereocenters. The Balaban J connectivity index is 1.74. The van der Waals surface area contributed by atoms with Gasteiger partial charge in [-0.1, -0.05) is 30.3 Å². The van der Waals surface area contributed by atoms with Gasteiger partial charge in [0.05, 0.1) is 12.9 Å². The third-order valence-corrected chi connectivity index (χ3v) is 3.55. The third kappa shape index (κ3) is 5.54. The summed E-state index contributed by atoms with van der Waals surface area (Å²) in [5, 5.41) is 12.9. The van der Waals surface area contributed by atoms with Crippen LogP contribution in [0.2, 0.25) is 0 Å². The van der Waals surface area contributed by atoms with E-state index in [4.69, 9.17) is 9.15 Å². The van der Waals surface area contributed by atoms with E-state index < -0.39 is 12.2 Å². The lowest BCUT2D eigenvalue weighted by Crippen LogP contribution is -2.40. The monoisotopic (exact) mass is 317 g/mol. The Labute approximate surface area is 136 Å². The molecule has 0 bridgehead atoms. The summed E-state index contributed by atoms with van der Waals surface area (Å²) in [7, 11) is 0. The minimum Gasteiger partial charge on any atom is -0.467 e. The number of amides is 1. The van der Waals surface area contributed by atoms with E-state index in [0.717, 1.165) is 5.56 Å². The van der Waals surface area contributed by atoms with Crippen LogP contribution in [-0.2, 0) is 16.1 Å². The second-order valence-corrected chi connectivity index (χ2v) is 5.62. The van der Waals surface area contributed by atoms with E-state index in [1.54, 1.807) is 19.1 Å². The first kappa shape index (κ1) is 17.2. The maximum atomic E-state index is 12.1. The molecule has 1 heterocycles. The molecule has 5 heteroatoms. The largest absolute Gasteiger partial charge is 0.467 e. The van der Waals surface area contributed by atoms with E-state index in [0.29, 0.717) is 18.8 Å². The van der Waals surface area contributed by atoms with Crippen molar-refractivity contribution in [3.05, 3.63) is 60.1 Å². The Hall–Kier alpha value is -2.11. The van der Waals surface area contributed by atoms with Crippen molar-refractivity contribution in [1.82, 2.24) is 5.32 Å². The third-order valence-electron chi connectivity index (χ3n) is 3.55. The minimum atomic E-state index is -0.735. The lowest BCUT2D eigenvalue weighted by Gasteiger charge is -2.19. The van der Waals surface area contributed by atoms with Crippen molar-refractivity contribution in [3.8, 4) is 0 Å². The summed E-state index contributed by atoms with van der Waals surface area (Å²) in [4.78, 5) is 12.1. The first-order chi connectivity index (χ1) is 11.1. The molecule has 0 aliphatic rings. The highest BCUT2D eigenvalue weighted by Gasteiger charge is 2.19. The zero-order valence-electron chi connectivity index (χ0n) is 13.4. The number of hydrogen-bond donors (Lipinski definition) is 2. The van der Waals surface area contributed by atoms with Crippen molar-refractivity contribution < 1.29 is 19.1 Å². The standard InChI is InChI=1S/C18H23NO4/c1-13(11-16(20)17-9-6-10-22-17)19-18(21)14(2)23-12-15-7-4-3-5-8-15/h3-10,13-14,16,20H,11-12H2,1-2H3,(H,19,21). The first-order valence-electron chi connectivity index (χ1n) is 7.73. The van der Waals surface area contributed by atoms with Gasteiger partial charge in [0, 0.05) is 12.5 Å². The number of rotatable bonds is 8. The van der Waals surface area contributed by atoms with E-state index in [1.165, 1.54) is 6.26 Å². The summed E-state index contributed by atoms with van der Waals surface area (Å²) in [6, 6.07) is 13.0.